The Morgan fingerprint density at radius 1 is 1.14 bits per heavy atom. The highest BCUT2D eigenvalue weighted by molar-refractivity contribution is 9.10. The summed E-state index contributed by atoms with van der Waals surface area (Å²) in [6.45, 7) is 4.76. The molecule has 2 atom stereocenters. The van der Waals surface area contributed by atoms with E-state index in [0.29, 0.717) is 5.41 Å². The number of amides is 1. The second-order valence-corrected chi connectivity index (χ2v) is 12.3. The van der Waals surface area contributed by atoms with Crippen molar-refractivity contribution in [2.24, 2.45) is 17.1 Å². The first-order valence-electron chi connectivity index (χ1n) is 13.2. The fraction of sp³-hybridized carbons (Fsp3) is 0.517. The third-order valence-corrected chi connectivity index (χ3v) is 9.55. The zero-order valence-electron chi connectivity index (χ0n) is 20.7. The number of H-pyrrole nitrogens is 1. The fourth-order valence-corrected chi connectivity index (χ4v) is 7.28. The van der Waals surface area contributed by atoms with Crippen LogP contribution in [-0.4, -0.2) is 33.4 Å². The van der Waals surface area contributed by atoms with Crippen LogP contribution in [0.1, 0.15) is 75.4 Å². The Kier molecular flexibility index (Phi) is 5.80. The largest absolute Gasteiger partial charge is 0.340 e. The first-order chi connectivity index (χ1) is 16.8. The first kappa shape index (κ1) is 23.2. The van der Waals surface area contributed by atoms with Crippen LogP contribution < -0.4 is 5.73 Å². The van der Waals surface area contributed by atoms with Crippen molar-refractivity contribution in [3.05, 3.63) is 51.8 Å². The lowest BCUT2D eigenvalue weighted by molar-refractivity contribution is -0.134. The van der Waals surface area contributed by atoms with Gasteiger partial charge in [0.1, 0.15) is 5.82 Å². The molecule has 1 spiro atoms. The number of imidazole rings is 1. The number of aromatic amines is 1. The van der Waals surface area contributed by atoms with Crippen LogP contribution in [0.2, 0.25) is 0 Å². The second-order valence-electron chi connectivity index (χ2n) is 11.4. The van der Waals surface area contributed by atoms with Crippen LogP contribution in [0.15, 0.2) is 34.8 Å². The molecule has 2 aliphatic carbocycles. The van der Waals surface area contributed by atoms with Crippen molar-refractivity contribution in [2.45, 2.75) is 77.3 Å². The highest BCUT2D eigenvalue weighted by Crippen LogP contribution is 2.52. The predicted octanol–water partition coefficient (Wildman–Crippen LogP) is 6.30. The van der Waals surface area contributed by atoms with Gasteiger partial charge in [-0.15, -0.1) is 0 Å². The number of fused-ring (bicyclic) bond motifs is 2. The minimum Gasteiger partial charge on any atom is -0.340 e. The van der Waals surface area contributed by atoms with Crippen molar-refractivity contribution in [1.29, 1.82) is 0 Å². The van der Waals surface area contributed by atoms with Crippen LogP contribution in [0, 0.1) is 11.3 Å². The number of hydrogen-bond acceptors (Lipinski definition) is 3. The minimum absolute atomic E-state index is 0.0256. The molecule has 0 radical (unpaired) electrons. The van der Waals surface area contributed by atoms with Crippen LogP contribution in [-0.2, 0) is 17.6 Å². The number of aromatic nitrogens is 2. The molecule has 3 N–H and O–H groups in total. The summed E-state index contributed by atoms with van der Waals surface area (Å²) in [6, 6.07) is 10.6. The molecule has 1 unspecified atom stereocenters. The lowest BCUT2D eigenvalue weighted by Crippen LogP contribution is -2.46. The Hall–Kier alpha value is -2.18. The Morgan fingerprint density at radius 2 is 1.91 bits per heavy atom. The lowest BCUT2D eigenvalue weighted by atomic mass is 9.83. The molecular weight excluding hydrogens is 500 g/mol. The monoisotopic (exact) mass is 534 g/mol. The molecule has 0 bridgehead atoms. The molecule has 1 saturated carbocycles. The summed E-state index contributed by atoms with van der Waals surface area (Å²) in [5, 5.41) is 0. The van der Waals surface area contributed by atoms with Gasteiger partial charge in [0.2, 0.25) is 5.91 Å². The number of halogens is 1. The summed E-state index contributed by atoms with van der Waals surface area (Å²) in [5.41, 5.74) is 14.3. The van der Waals surface area contributed by atoms with Crippen molar-refractivity contribution in [3.8, 4) is 11.1 Å². The van der Waals surface area contributed by atoms with Gasteiger partial charge >= 0.3 is 0 Å². The summed E-state index contributed by atoms with van der Waals surface area (Å²) in [5.74, 6) is 1.04. The number of rotatable bonds is 4. The molecule has 1 aliphatic heterocycles. The Bertz CT molecular complexity index is 1290. The van der Waals surface area contributed by atoms with Crippen LogP contribution >= 0.6 is 15.9 Å². The molecule has 6 heteroatoms. The molecule has 5 nitrogen and oxygen atoms in total. The number of carbonyl (C=O) groups is 1. The zero-order valence-corrected chi connectivity index (χ0v) is 22.3. The smallest absolute Gasteiger partial charge is 0.240 e. The molecule has 3 aromatic rings. The number of nitrogens with zero attached hydrogens (tertiary/aromatic N) is 2. The number of hydrogen-bond donors (Lipinski definition) is 2. The van der Waals surface area contributed by atoms with Crippen LogP contribution in [0.4, 0.5) is 0 Å². The summed E-state index contributed by atoms with van der Waals surface area (Å²) in [7, 11) is 0. The summed E-state index contributed by atoms with van der Waals surface area (Å²) in [4.78, 5) is 23.4. The molecule has 184 valence electrons. The molecule has 3 aliphatic rings. The van der Waals surface area contributed by atoms with Gasteiger partial charge in [-0.3, -0.25) is 4.79 Å². The van der Waals surface area contributed by atoms with Crippen molar-refractivity contribution >= 4 is 32.9 Å². The maximum absolute atomic E-state index is 13.0. The van der Waals surface area contributed by atoms with Gasteiger partial charge in [-0.05, 0) is 90.3 Å². The van der Waals surface area contributed by atoms with Gasteiger partial charge in [-0.2, -0.15) is 0 Å². The van der Waals surface area contributed by atoms with E-state index in [1.807, 2.05) is 18.7 Å². The minimum atomic E-state index is -0.464. The van der Waals surface area contributed by atoms with E-state index in [-0.39, 0.29) is 17.9 Å². The van der Waals surface area contributed by atoms with E-state index in [9.17, 15) is 4.79 Å². The number of nitrogens with one attached hydrogen (secondary N) is 1. The molecule has 2 heterocycles. The summed E-state index contributed by atoms with van der Waals surface area (Å²) < 4.78 is 1.26. The van der Waals surface area contributed by atoms with Crippen molar-refractivity contribution in [1.82, 2.24) is 14.9 Å². The highest BCUT2D eigenvalue weighted by Gasteiger charge is 2.41. The number of carbonyl (C=O) groups excluding carboxylic acids is 1. The van der Waals surface area contributed by atoms with Crippen LogP contribution in [0.3, 0.4) is 0 Å². The molecule has 1 saturated heterocycles. The highest BCUT2D eigenvalue weighted by atomic mass is 79.9. The van der Waals surface area contributed by atoms with Gasteiger partial charge in [0, 0.05) is 11.0 Å². The van der Waals surface area contributed by atoms with Gasteiger partial charge in [0.05, 0.1) is 23.1 Å². The average molecular weight is 536 g/mol. The molecule has 2 aromatic carbocycles. The van der Waals surface area contributed by atoms with Gasteiger partial charge in [-0.25, -0.2) is 4.98 Å². The molecular formula is C29H35BrN4O. The van der Waals surface area contributed by atoms with Gasteiger partial charge in [0.15, 0.2) is 0 Å². The molecule has 6 rings (SSSR count). The number of nitrogens with two attached hydrogens (primary N) is 1. The average Bonchev–Trinajstić information content (AvgIpc) is 3.64. The third kappa shape index (κ3) is 3.93. The van der Waals surface area contributed by atoms with Crippen molar-refractivity contribution in [2.75, 3.05) is 6.54 Å². The molecule has 1 aromatic heterocycles. The number of benzene rings is 2. The first-order valence-corrected chi connectivity index (χ1v) is 14.0. The van der Waals surface area contributed by atoms with E-state index in [4.69, 9.17) is 10.7 Å². The fourth-order valence-electron chi connectivity index (χ4n) is 6.77. The van der Waals surface area contributed by atoms with E-state index in [1.54, 1.807) is 0 Å². The standard InChI is InChI=1S/C29H35BrN4O/c1-17(2)26(31)28(35)34-13-5-6-25(34)27-32-23-10-7-18(14-24(23)33-27)19-8-9-22(30)21-16-29(15-20(19)21)11-3-4-12-29/h7-10,14,17,25-26H,3-6,11-13,15-16,31H2,1-2H3,(H,32,33)/t25-,26?/m0/s1. The maximum atomic E-state index is 13.0. The normalized spacial score (nSPS) is 22.0. The van der Waals surface area contributed by atoms with E-state index in [2.05, 4.69) is 51.2 Å². The Balaban J connectivity index is 1.33. The quantitative estimate of drug-likeness (QED) is 0.412. The second kappa shape index (κ2) is 8.74. The van der Waals surface area contributed by atoms with E-state index in [1.165, 1.54) is 65.3 Å². The summed E-state index contributed by atoms with van der Waals surface area (Å²) >= 11 is 3.84. The van der Waals surface area contributed by atoms with E-state index >= 15 is 0 Å². The predicted molar refractivity (Wildman–Crippen MR) is 144 cm³/mol. The third-order valence-electron chi connectivity index (χ3n) is 8.81. The lowest BCUT2D eigenvalue weighted by Gasteiger charge is -2.27. The van der Waals surface area contributed by atoms with Crippen molar-refractivity contribution < 1.29 is 4.79 Å². The topological polar surface area (TPSA) is 75.0 Å². The van der Waals surface area contributed by atoms with Gasteiger partial charge in [-0.1, -0.05) is 54.8 Å². The van der Waals surface area contributed by atoms with E-state index < -0.39 is 6.04 Å². The summed E-state index contributed by atoms with van der Waals surface area (Å²) in [6.07, 6.45) is 9.75. The Morgan fingerprint density at radius 3 is 2.69 bits per heavy atom. The Labute approximate surface area is 216 Å². The zero-order chi connectivity index (χ0) is 24.3. The van der Waals surface area contributed by atoms with Gasteiger partial charge < -0.3 is 15.6 Å². The number of likely N-dealkylation sites (tertiary alicyclic amines) is 1. The SMILES string of the molecule is CC(C)C(N)C(=O)N1CCC[C@H]1c1nc2ccc(-c3ccc(Br)c4c3CC3(CCCC3)C4)cc2[nH]1. The van der Waals surface area contributed by atoms with Crippen LogP contribution in [0.5, 0.6) is 0 Å². The van der Waals surface area contributed by atoms with Crippen molar-refractivity contribution in [3.63, 3.8) is 0 Å². The molecule has 35 heavy (non-hydrogen) atoms. The van der Waals surface area contributed by atoms with Crippen LogP contribution in [0.25, 0.3) is 22.2 Å². The van der Waals surface area contributed by atoms with E-state index in [0.717, 1.165) is 36.2 Å². The molecule has 1 amide bonds. The maximum Gasteiger partial charge on any atom is 0.240 e. The van der Waals surface area contributed by atoms with Gasteiger partial charge in [0.25, 0.3) is 0 Å². The molecule has 2 fully saturated rings.